The van der Waals surface area contributed by atoms with Gasteiger partial charge in [0.05, 0.1) is 69.1 Å². The molecule has 0 spiro atoms. The number of aromatic nitrogens is 4. The maximum Gasteiger partial charge on any atom is 0.138 e. The highest BCUT2D eigenvalue weighted by atomic mass is 15.2. The lowest BCUT2D eigenvalue weighted by Gasteiger charge is -2.34. The lowest BCUT2D eigenvalue weighted by Crippen LogP contribution is -2.18. The summed E-state index contributed by atoms with van der Waals surface area (Å²) in [7, 11) is 0. The molecule has 17 rings (SSSR count). The van der Waals surface area contributed by atoms with Crippen LogP contribution in [0.2, 0.25) is 0 Å². The first-order valence-corrected chi connectivity index (χ1v) is 30.9. The van der Waals surface area contributed by atoms with Crippen LogP contribution in [0.15, 0.2) is 316 Å². The van der Waals surface area contributed by atoms with Crippen LogP contribution in [0.5, 0.6) is 0 Å². The first kappa shape index (κ1) is 53.3. The fourth-order valence-electron chi connectivity index (χ4n) is 13.9. The molecule has 1 aliphatic carbocycles. The Labute approximate surface area is 527 Å². The molecule has 0 saturated heterocycles. The fraction of sp³-hybridized carbons (Fsp3) is 0.0361. The molecule has 0 N–H and O–H groups in total. The average molecular weight is 1170 g/mol. The van der Waals surface area contributed by atoms with Gasteiger partial charge in [0.25, 0.3) is 0 Å². The number of hydrogen-bond acceptors (Lipinski definition) is 8. The van der Waals surface area contributed by atoms with Crippen LogP contribution < -0.4 is 19.6 Å². The fourth-order valence-corrected chi connectivity index (χ4v) is 13.9. The van der Waals surface area contributed by atoms with Gasteiger partial charge < -0.3 is 14.7 Å². The summed E-state index contributed by atoms with van der Waals surface area (Å²) in [4.78, 5) is 30.3. The van der Waals surface area contributed by atoms with Crippen LogP contribution in [0.1, 0.15) is 25.0 Å². The van der Waals surface area contributed by atoms with Crippen molar-refractivity contribution < 1.29 is 0 Å². The summed E-state index contributed by atoms with van der Waals surface area (Å²) in [5.41, 5.74) is 18.9. The van der Waals surface area contributed by atoms with E-state index in [0.29, 0.717) is 0 Å². The summed E-state index contributed by atoms with van der Waals surface area (Å²) in [6.45, 7) is 4.78. The van der Waals surface area contributed by atoms with Crippen molar-refractivity contribution in [3.63, 3.8) is 0 Å². The molecule has 12 aromatic carbocycles. The van der Waals surface area contributed by atoms with E-state index in [9.17, 15) is 0 Å². The monoisotopic (exact) mass is 1170 g/mol. The zero-order valence-corrected chi connectivity index (χ0v) is 50.1. The molecule has 8 heteroatoms. The van der Waals surface area contributed by atoms with Crippen molar-refractivity contribution >= 4 is 134 Å². The standard InChI is InChI=1S/C83H58N8/c1-83(2)74-49-64(89(60-29-9-4-10-30-60)80-44-39-55-23-15-22-38-79(55)87-80)40-42-68(74)70-50-72-73(51-75(70)83)81(90(61-31-11-5-12-32-61)66-46-57-25-17-20-36-77(57)85-53-66)69-43-41-63(88(59-27-7-3-8-28-59)65-45-56-24-16-19-35-76(56)84-52-65)48-71(69)82(72)91(62-33-13-6-14-34-62)67-47-58-26-18-21-37-78(58)86-54-67/h3-54H,1-2H3. The van der Waals surface area contributed by atoms with Crippen LogP contribution in [0.25, 0.3) is 76.3 Å². The van der Waals surface area contributed by atoms with E-state index in [0.717, 1.165) is 134 Å². The van der Waals surface area contributed by atoms with Crippen LogP contribution in [0, 0.1) is 0 Å². The highest BCUT2D eigenvalue weighted by Gasteiger charge is 2.39. The van der Waals surface area contributed by atoms with E-state index in [4.69, 9.17) is 19.9 Å². The Bertz CT molecular complexity index is 5490. The van der Waals surface area contributed by atoms with Gasteiger partial charge in [-0.3, -0.25) is 19.9 Å². The number of hydrogen-bond donors (Lipinski definition) is 0. The molecule has 0 saturated carbocycles. The highest BCUT2D eigenvalue weighted by molar-refractivity contribution is 6.25. The number of pyridine rings is 4. The molecule has 430 valence electrons. The largest absolute Gasteiger partial charge is 0.309 e. The van der Waals surface area contributed by atoms with E-state index in [1.54, 1.807) is 0 Å². The zero-order valence-electron chi connectivity index (χ0n) is 50.1. The Morgan fingerprint density at radius 1 is 0.253 bits per heavy atom. The molecule has 4 heterocycles. The third-order valence-electron chi connectivity index (χ3n) is 18.2. The summed E-state index contributed by atoms with van der Waals surface area (Å²) in [5.74, 6) is 0.848. The van der Waals surface area contributed by atoms with E-state index in [-0.39, 0.29) is 0 Å². The second-order valence-electron chi connectivity index (χ2n) is 23.9. The normalized spacial score (nSPS) is 12.4. The average Bonchev–Trinajstić information content (AvgIpc) is 1.70. The number of anilines is 12. The molecule has 16 aromatic rings. The van der Waals surface area contributed by atoms with Gasteiger partial charge in [-0.2, -0.15) is 0 Å². The minimum Gasteiger partial charge on any atom is -0.309 e. The van der Waals surface area contributed by atoms with Crippen molar-refractivity contribution in [3.8, 4) is 11.1 Å². The van der Waals surface area contributed by atoms with Gasteiger partial charge in [-0.25, -0.2) is 4.98 Å². The van der Waals surface area contributed by atoms with Gasteiger partial charge in [0, 0.05) is 82.6 Å². The maximum atomic E-state index is 5.31. The summed E-state index contributed by atoms with van der Waals surface area (Å²) in [6.07, 6.45) is 6.07. The summed E-state index contributed by atoms with van der Waals surface area (Å²) >= 11 is 0. The van der Waals surface area contributed by atoms with Crippen molar-refractivity contribution in [2.75, 3.05) is 19.6 Å². The third-order valence-corrected chi connectivity index (χ3v) is 18.2. The van der Waals surface area contributed by atoms with Gasteiger partial charge in [0.1, 0.15) is 5.82 Å². The molecular formula is C83H58N8. The van der Waals surface area contributed by atoms with Crippen molar-refractivity contribution in [1.29, 1.82) is 0 Å². The minimum absolute atomic E-state index is 0.474. The lowest BCUT2D eigenvalue weighted by atomic mass is 9.81. The van der Waals surface area contributed by atoms with E-state index in [1.165, 1.54) is 22.3 Å². The molecule has 0 radical (unpaired) electrons. The van der Waals surface area contributed by atoms with Crippen LogP contribution >= 0.6 is 0 Å². The molecule has 0 bridgehead atoms. The summed E-state index contributed by atoms with van der Waals surface area (Å²) < 4.78 is 0. The van der Waals surface area contributed by atoms with E-state index in [1.807, 2.05) is 24.7 Å². The Morgan fingerprint density at radius 3 is 1.19 bits per heavy atom. The van der Waals surface area contributed by atoms with Crippen molar-refractivity contribution in [2.45, 2.75) is 19.3 Å². The van der Waals surface area contributed by atoms with Crippen molar-refractivity contribution in [1.82, 2.24) is 19.9 Å². The molecule has 8 nitrogen and oxygen atoms in total. The number of nitrogens with zero attached hydrogens (tertiary/aromatic N) is 8. The SMILES string of the molecule is CC1(C)c2cc(N(c3ccccc3)c3ccc4ccccc4n3)ccc2-c2cc3c(N(c4ccccc4)c4cnc5ccccc5c4)c4cc(N(c5ccccc5)c5cnc6ccccc6c5)ccc4c(N(c4ccccc4)c4cnc5ccccc5c4)c3cc21. The highest BCUT2D eigenvalue weighted by Crippen LogP contribution is 2.58. The third kappa shape index (κ3) is 9.14. The predicted octanol–water partition coefficient (Wildman–Crippen LogP) is 22.4. The summed E-state index contributed by atoms with van der Waals surface area (Å²) in [6, 6.07) is 107. The van der Waals surface area contributed by atoms with E-state index in [2.05, 4.69) is 325 Å². The van der Waals surface area contributed by atoms with Gasteiger partial charge in [0.15, 0.2) is 0 Å². The number of fused-ring (bicyclic) bond motifs is 9. The minimum atomic E-state index is -0.474. The smallest absolute Gasteiger partial charge is 0.138 e. The van der Waals surface area contributed by atoms with Gasteiger partial charge >= 0.3 is 0 Å². The van der Waals surface area contributed by atoms with Crippen LogP contribution in [-0.2, 0) is 5.41 Å². The van der Waals surface area contributed by atoms with E-state index >= 15 is 0 Å². The Morgan fingerprint density at radius 2 is 0.648 bits per heavy atom. The van der Waals surface area contributed by atoms with Crippen LogP contribution in [-0.4, -0.2) is 19.9 Å². The number of benzene rings is 12. The second-order valence-corrected chi connectivity index (χ2v) is 23.9. The molecular weight excluding hydrogens is 1110 g/mol. The Kier molecular flexibility index (Phi) is 12.7. The molecule has 0 atom stereocenters. The molecule has 0 unspecified atom stereocenters. The van der Waals surface area contributed by atoms with Crippen molar-refractivity contribution in [2.24, 2.45) is 0 Å². The number of para-hydroxylation sites is 8. The molecule has 0 fully saturated rings. The quantitative estimate of drug-likeness (QED) is 0.0886. The van der Waals surface area contributed by atoms with Gasteiger partial charge in [-0.15, -0.1) is 0 Å². The Hall–Kier alpha value is -12.0. The first-order chi connectivity index (χ1) is 44.9. The predicted molar refractivity (Wildman–Crippen MR) is 379 cm³/mol. The molecule has 91 heavy (non-hydrogen) atoms. The lowest BCUT2D eigenvalue weighted by molar-refractivity contribution is 0.661. The molecule has 0 amide bonds. The zero-order chi connectivity index (χ0) is 60.6. The number of rotatable bonds is 12. The molecule has 0 aliphatic heterocycles. The second kappa shape index (κ2) is 21.7. The van der Waals surface area contributed by atoms with E-state index < -0.39 is 5.41 Å². The molecule has 1 aliphatic rings. The van der Waals surface area contributed by atoms with Crippen LogP contribution in [0.3, 0.4) is 0 Å². The topological polar surface area (TPSA) is 64.5 Å². The van der Waals surface area contributed by atoms with Gasteiger partial charge in [-0.1, -0.05) is 172 Å². The van der Waals surface area contributed by atoms with Gasteiger partial charge in [-0.05, 0) is 162 Å². The first-order valence-electron chi connectivity index (χ1n) is 30.9. The van der Waals surface area contributed by atoms with Gasteiger partial charge in [0.2, 0.25) is 0 Å². The summed E-state index contributed by atoms with van der Waals surface area (Å²) in [5, 5.41) is 8.44. The Balaban J connectivity index is 1.00. The maximum absolute atomic E-state index is 5.31. The van der Waals surface area contributed by atoms with Crippen LogP contribution in [0.4, 0.5) is 68.4 Å². The van der Waals surface area contributed by atoms with Crippen molar-refractivity contribution in [3.05, 3.63) is 327 Å². The molecule has 4 aromatic heterocycles.